The summed E-state index contributed by atoms with van der Waals surface area (Å²) in [5, 5.41) is 15.2. The van der Waals surface area contributed by atoms with Crippen LogP contribution in [0.2, 0.25) is 0 Å². The van der Waals surface area contributed by atoms with Crippen LogP contribution in [0.4, 0.5) is 0 Å². The molecular weight excluding hydrogens is 182 g/mol. The van der Waals surface area contributed by atoms with E-state index in [0.29, 0.717) is 6.54 Å². The van der Waals surface area contributed by atoms with Crippen molar-refractivity contribution in [3.63, 3.8) is 0 Å². The molecule has 1 aliphatic rings. The smallest absolute Gasteiger partial charge is 0.304 e. The van der Waals surface area contributed by atoms with Gasteiger partial charge >= 0.3 is 5.97 Å². The van der Waals surface area contributed by atoms with Crippen LogP contribution in [0.5, 0.6) is 0 Å². The zero-order valence-corrected chi connectivity index (χ0v) is 8.46. The molecule has 0 aromatic carbocycles. The van der Waals surface area contributed by atoms with E-state index in [1.165, 1.54) is 0 Å². The molecule has 0 aromatic rings. The number of nitrogens with zero attached hydrogens (tertiary/aromatic N) is 1. The number of carbonyl (C=O) groups is 1. The zero-order chi connectivity index (χ0) is 10.2. The van der Waals surface area contributed by atoms with Gasteiger partial charge in [-0.3, -0.25) is 4.79 Å². The number of hydrogen-bond donors (Lipinski definition) is 3. The Morgan fingerprint density at radius 2 is 1.71 bits per heavy atom. The molecule has 3 N–H and O–H groups in total. The summed E-state index contributed by atoms with van der Waals surface area (Å²) in [4.78, 5) is 12.6. The normalized spacial score (nSPS) is 20.9. The molecule has 1 aliphatic heterocycles. The Bertz CT molecular complexity index is 165. The maximum atomic E-state index is 10.4. The molecule has 0 radical (unpaired) electrons. The van der Waals surface area contributed by atoms with Crippen molar-refractivity contribution in [2.75, 3.05) is 45.8 Å². The largest absolute Gasteiger partial charge is 0.481 e. The van der Waals surface area contributed by atoms with Crippen LogP contribution in [0, 0.1) is 0 Å². The van der Waals surface area contributed by atoms with Crippen molar-refractivity contribution in [3.8, 4) is 0 Å². The van der Waals surface area contributed by atoms with E-state index in [-0.39, 0.29) is 6.42 Å². The Labute approximate surface area is 84.5 Å². The first-order valence-electron chi connectivity index (χ1n) is 5.14. The molecule has 0 aromatic heterocycles. The average Bonchev–Trinajstić information content (AvgIpc) is 2.27. The minimum Gasteiger partial charge on any atom is -0.481 e. The summed E-state index contributed by atoms with van der Waals surface area (Å²) in [5.74, 6) is -0.717. The van der Waals surface area contributed by atoms with Crippen LogP contribution in [0.3, 0.4) is 0 Å². The highest BCUT2D eigenvalue weighted by Gasteiger charge is 2.07. The van der Waals surface area contributed by atoms with Crippen LogP contribution in [-0.4, -0.2) is 61.8 Å². The minimum atomic E-state index is -0.717. The Kier molecular flexibility index (Phi) is 5.51. The van der Waals surface area contributed by atoms with Gasteiger partial charge in [-0.1, -0.05) is 0 Å². The van der Waals surface area contributed by atoms with Gasteiger partial charge in [-0.05, 0) is 0 Å². The Morgan fingerprint density at radius 3 is 2.21 bits per heavy atom. The second kappa shape index (κ2) is 6.75. The highest BCUT2D eigenvalue weighted by Crippen LogP contribution is 1.91. The van der Waals surface area contributed by atoms with Crippen LogP contribution in [0.25, 0.3) is 0 Å². The van der Waals surface area contributed by atoms with Crippen molar-refractivity contribution in [2.24, 2.45) is 0 Å². The number of hydrogen-bond acceptors (Lipinski definition) is 4. The lowest BCUT2D eigenvalue weighted by Crippen LogP contribution is -2.35. The van der Waals surface area contributed by atoms with Gasteiger partial charge in [-0.15, -0.1) is 0 Å². The van der Waals surface area contributed by atoms with E-state index < -0.39 is 5.97 Å². The van der Waals surface area contributed by atoms with Crippen molar-refractivity contribution >= 4 is 5.97 Å². The molecule has 1 heterocycles. The molecule has 14 heavy (non-hydrogen) atoms. The predicted octanol–water partition coefficient (Wildman–Crippen LogP) is -1.04. The lowest BCUT2D eigenvalue weighted by Gasteiger charge is -2.20. The first kappa shape index (κ1) is 11.4. The van der Waals surface area contributed by atoms with Crippen LogP contribution in [0.1, 0.15) is 6.42 Å². The maximum absolute atomic E-state index is 10.4. The van der Waals surface area contributed by atoms with Gasteiger partial charge in [0.25, 0.3) is 0 Å². The van der Waals surface area contributed by atoms with Gasteiger partial charge in [0.05, 0.1) is 6.42 Å². The molecule has 82 valence electrons. The molecule has 0 unspecified atom stereocenters. The predicted molar refractivity (Wildman–Crippen MR) is 54.4 cm³/mol. The van der Waals surface area contributed by atoms with Gasteiger partial charge in [-0.2, -0.15) is 0 Å². The van der Waals surface area contributed by atoms with Crippen LogP contribution in [0.15, 0.2) is 0 Å². The van der Waals surface area contributed by atoms with Crippen LogP contribution in [-0.2, 0) is 4.79 Å². The number of aliphatic carboxylic acids is 1. The lowest BCUT2D eigenvalue weighted by atomic mass is 10.3. The van der Waals surface area contributed by atoms with Gasteiger partial charge in [0, 0.05) is 45.8 Å². The molecule has 1 fully saturated rings. The summed E-state index contributed by atoms with van der Waals surface area (Å²) in [6, 6.07) is 0. The summed E-state index contributed by atoms with van der Waals surface area (Å²) < 4.78 is 0. The summed E-state index contributed by atoms with van der Waals surface area (Å²) in [7, 11) is 0. The average molecular weight is 201 g/mol. The van der Waals surface area contributed by atoms with Gasteiger partial charge in [0.1, 0.15) is 0 Å². The number of carboxylic acids is 1. The first-order chi connectivity index (χ1) is 6.79. The maximum Gasteiger partial charge on any atom is 0.304 e. The van der Waals surface area contributed by atoms with E-state index in [9.17, 15) is 4.79 Å². The molecule has 0 saturated carbocycles. The van der Waals surface area contributed by atoms with E-state index in [1.807, 2.05) is 0 Å². The molecule has 5 heteroatoms. The lowest BCUT2D eigenvalue weighted by molar-refractivity contribution is -0.137. The molecule has 0 spiro atoms. The monoisotopic (exact) mass is 201 g/mol. The molecule has 0 amide bonds. The molecule has 1 rings (SSSR count). The molecule has 0 aliphatic carbocycles. The SMILES string of the molecule is O=C(O)CCN1CCNCCNCC1. The Balaban J connectivity index is 2.21. The summed E-state index contributed by atoms with van der Waals surface area (Å²) in [6.45, 7) is 6.41. The highest BCUT2D eigenvalue weighted by molar-refractivity contribution is 5.66. The standard InChI is InChI=1S/C9H19N3O2/c13-9(14)1-6-12-7-4-10-2-3-11-5-8-12/h10-11H,1-8H2,(H,13,14). The third-order valence-electron chi connectivity index (χ3n) is 2.33. The molecule has 0 atom stereocenters. The summed E-state index contributed by atoms with van der Waals surface area (Å²) in [6.07, 6.45) is 0.236. The fourth-order valence-corrected chi connectivity index (χ4v) is 1.49. The Hall–Kier alpha value is -0.650. The van der Waals surface area contributed by atoms with Crippen molar-refractivity contribution in [1.82, 2.24) is 15.5 Å². The number of nitrogens with one attached hydrogen (secondary N) is 2. The second-order valence-electron chi connectivity index (χ2n) is 3.49. The van der Waals surface area contributed by atoms with E-state index in [0.717, 1.165) is 39.3 Å². The third-order valence-corrected chi connectivity index (χ3v) is 2.33. The van der Waals surface area contributed by atoms with Crippen LogP contribution >= 0.6 is 0 Å². The third kappa shape index (κ3) is 5.16. The first-order valence-corrected chi connectivity index (χ1v) is 5.14. The zero-order valence-electron chi connectivity index (χ0n) is 8.46. The quantitative estimate of drug-likeness (QED) is 0.544. The second-order valence-corrected chi connectivity index (χ2v) is 3.49. The van der Waals surface area contributed by atoms with Gasteiger partial charge in [0.2, 0.25) is 0 Å². The van der Waals surface area contributed by atoms with Crippen molar-refractivity contribution in [1.29, 1.82) is 0 Å². The molecule has 5 nitrogen and oxygen atoms in total. The fraction of sp³-hybridized carbons (Fsp3) is 0.889. The summed E-state index contributed by atoms with van der Waals surface area (Å²) >= 11 is 0. The molecule has 1 saturated heterocycles. The molecular formula is C9H19N3O2. The number of rotatable bonds is 3. The van der Waals surface area contributed by atoms with E-state index in [1.54, 1.807) is 0 Å². The Morgan fingerprint density at radius 1 is 1.14 bits per heavy atom. The van der Waals surface area contributed by atoms with Crippen molar-refractivity contribution in [3.05, 3.63) is 0 Å². The molecule has 0 bridgehead atoms. The van der Waals surface area contributed by atoms with E-state index in [4.69, 9.17) is 5.11 Å². The highest BCUT2D eigenvalue weighted by atomic mass is 16.4. The van der Waals surface area contributed by atoms with Crippen LogP contribution < -0.4 is 10.6 Å². The fourth-order valence-electron chi connectivity index (χ4n) is 1.49. The van der Waals surface area contributed by atoms with Crippen molar-refractivity contribution < 1.29 is 9.90 Å². The van der Waals surface area contributed by atoms with Gasteiger partial charge in [0.15, 0.2) is 0 Å². The van der Waals surface area contributed by atoms with E-state index >= 15 is 0 Å². The van der Waals surface area contributed by atoms with Gasteiger partial charge in [-0.25, -0.2) is 0 Å². The minimum absolute atomic E-state index is 0.236. The van der Waals surface area contributed by atoms with E-state index in [2.05, 4.69) is 15.5 Å². The number of carboxylic acid groups (broad SMARTS) is 1. The summed E-state index contributed by atoms with van der Waals surface area (Å²) in [5.41, 5.74) is 0. The van der Waals surface area contributed by atoms with Crippen molar-refractivity contribution in [2.45, 2.75) is 6.42 Å². The van der Waals surface area contributed by atoms with Gasteiger partial charge < -0.3 is 20.6 Å². The topological polar surface area (TPSA) is 64.6 Å².